The zero-order valence-electron chi connectivity index (χ0n) is 16.2. The fraction of sp³-hybridized carbons (Fsp3) is 0.474. The molecule has 4 rings (SSSR count). The highest BCUT2D eigenvalue weighted by molar-refractivity contribution is 6.30. The number of hydrogen-bond acceptors (Lipinski definition) is 5. The number of hydrogen-bond donors (Lipinski definition) is 2. The average Bonchev–Trinajstić information content (AvgIpc) is 3.02. The standard InChI is InChI=1S/C10H19NO2.C9H5ClN4O/c1-10(2,3)13-9(12)11-7-5-4-6-8-11;10-6-2-1-4-7(13-6)8-5(3-11-4)12-9(15)14-8/h4-8H2,1-3H3;1-3H,(H2,12,14,15). The number of piperidine rings is 1. The van der Waals surface area contributed by atoms with Crippen molar-refractivity contribution >= 4 is 39.8 Å². The molecular weight excluding hydrogens is 382 g/mol. The molecule has 1 aliphatic heterocycles. The van der Waals surface area contributed by atoms with Crippen LogP contribution in [0.3, 0.4) is 0 Å². The number of fused-ring (bicyclic) bond motifs is 3. The molecule has 3 aromatic heterocycles. The summed E-state index contributed by atoms with van der Waals surface area (Å²) in [6.07, 6.45) is 4.88. The van der Waals surface area contributed by atoms with E-state index in [2.05, 4.69) is 19.9 Å². The largest absolute Gasteiger partial charge is 0.444 e. The minimum Gasteiger partial charge on any atom is -0.444 e. The van der Waals surface area contributed by atoms with Gasteiger partial charge in [0.05, 0.1) is 22.7 Å². The predicted molar refractivity (Wildman–Crippen MR) is 109 cm³/mol. The number of ether oxygens (including phenoxy) is 1. The molecule has 150 valence electrons. The van der Waals surface area contributed by atoms with E-state index in [-0.39, 0.29) is 17.4 Å². The molecule has 1 amide bonds. The monoisotopic (exact) mass is 405 g/mol. The van der Waals surface area contributed by atoms with Crippen LogP contribution in [0.5, 0.6) is 0 Å². The van der Waals surface area contributed by atoms with Gasteiger partial charge in [-0.1, -0.05) is 11.6 Å². The first-order valence-electron chi connectivity index (χ1n) is 9.24. The summed E-state index contributed by atoms with van der Waals surface area (Å²) < 4.78 is 5.26. The summed E-state index contributed by atoms with van der Waals surface area (Å²) in [5.74, 6) is 0. The number of rotatable bonds is 0. The molecule has 4 heterocycles. The van der Waals surface area contributed by atoms with E-state index in [1.165, 1.54) is 6.42 Å². The van der Waals surface area contributed by atoms with Crippen molar-refractivity contribution in [3.05, 3.63) is 34.0 Å². The van der Waals surface area contributed by atoms with Gasteiger partial charge in [0.1, 0.15) is 16.3 Å². The fourth-order valence-corrected chi connectivity index (χ4v) is 3.08. The molecule has 0 aliphatic carbocycles. The normalized spacial score (nSPS) is 14.6. The summed E-state index contributed by atoms with van der Waals surface area (Å²) in [6.45, 7) is 7.41. The molecule has 1 fully saturated rings. The Morgan fingerprint density at radius 2 is 1.89 bits per heavy atom. The van der Waals surface area contributed by atoms with Crippen molar-refractivity contribution < 1.29 is 9.53 Å². The highest BCUT2D eigenvalue weighted by Gasteiger charge is 2.22. The van der Waals surface area contributed by atoms with Gasteiger partial charge >= 0.3 is 11.8 Å². The minimum atomic E-state index is -0.367. The van der Waals surface area contributed by atoms with Crippen LogP contribution in [0, 0.1) is 0 Å². The Balaban J connectivity index is 0.000000163. The van der Waals surface area contributed by atoms with E-state index in [0.717, 1.165) is 25.9 Å². The molecule has 1 saturated heterocycles. The van der Waals surface area contributed by atoms with Gasteiger partial charge in [-0.25, -0.2) is 14.6 Å². The fourth-order valence-electron chi connectivity index (χ4n) is 2.93. The van der Waals surface area contributed by atoms with Crippen molar-refractivity contribution in [1.29, 1.82) is 0 Å². The number of likely N-dealkylation sites (tertiary alicyclic amines) is 1. The number of aromatic amines is 2. The number of nitrogens with zero attached hydrogens (tertiary/aromatic N) is 3. The van der Waals surface area contributed by atoms with Crippen LogP contribution in [0.4, 0.5) is 4.79 Å². The Bertz CT molecular complexity index is 1030. The molecule has 0 unspecified atom stereocenters. The summed E-state index contributed by atoms with van der Waals surface area (Å²) in [5.41, 5.74) is 1.91. The first kappa shape index (κ1) is 20.1. The van der Waals surface area contributed by atoms with Gasteiger partial charge in [-0.2, -0.15) is 0 Å². The van der Waals surface area contributed by atoms with Crippen LogP contribution in [0.1, 0.15) is 40.0 Å². The molecule has 28 heavy (non-hydrogen) atoms. The van der Waals surface area contributed by atoms with E-state index < -0.39 is 0 Å². The molecule has 1 aliphatic rings. The van der Waals surface area contributed by atoms with Crippen LogP contribution in [0.2, 0.25) is 5.15 Å². The Labute approximate surface area is 167 Å². The molecule has 0 bridgehead atoms. The van der Waals surface area contributed by atoms with Crippen molar-refractivity contribution in [3.8, 4) is 0 Å². The SMILES string of the molecule is CC(C)(C)OC(=O)N1CCCCC1.O=c1[nH]c2cnc3ccc(Cl)nc3c2[nH]1. The first-order chi connectivity index (χ1) is 13.2. The maximum atomic E-state index is 11.5. The number of pyridine rings is 2. The molecule has 0 aromatic carbocycles. The molecular formula is C19H24ClN5O3. The smallest absolute Gasteiger partial charge is 0.410 e. The summed E-state index contributed by atoms with van der Waals surface area (Å²) >= 11 is 5.78. The van der Waals surface area contributed by atoms with Gasteiger partial charge in [0.2, 0.25) is 0 Å². The Morgan fingerprint density at radius 1 is 1.18 bits per heavy atom. The maximum Gasteiger partial charge on any atom is 0.410 e. The molecule has 0 spiro atoms. The van der Waals surface area contributed by atoms with Gasteiger partial charge in [-0.15, -0.1) is 0 Å². The van der Waals surface area contributed by atoms with Crippen LogP contribution >= 0.6 is 11.6 Å². The van der Waals surface area contributed by atoms with Crippen molar-refractivity contribution in [1.82, 2.24) is 24.8 Å². The summed E-state index contributed by atoms with van der Waals surface area (Å²) in [4.78, 5) is 38.0. The lowest BCUT2D eigenvalue weighted by Gasteiger charge is -2.29. The van der Waals surface area contributed by atoms with Gasteiger partial charge < -0.3 is 19.6 Å². The van der Waals surface area contributed by atoms with Crippen LogP contribution in [-0.2, 0) is 4.74 Å². The van der Waals surface area contributed by atoms with Crippen molar-refractivity contribution in [2.75, 3.05) is 13.1 Å². The number of carbonyl (C=O) groups is 1. The van der Waals surface area contributed by atoms with E-state index >= 15 is 0 Å². The summed E-state index contributed by atoms with van der Waals surface area (Å²) in [6, 6.07) is 3.42. The second kappa shape index (κ2) is 8.18. The molecule has 2 N–H and O–H groups in total. The number of nitrogens with one attached hydrogen (secondary N) is 2. The van der Waals surface area contributed by atoms with Crippen LogP contribution in [0.25, 0.3) is 22.1 Å². The van der Waals surface area contributed by atoms with Crippen molar-refractivity contribution in [2.45, 2.75) is 45.6 Å². The van der Waals surface area contributed by atoms with Gasteiger partial charge in [-0.05, 0) is 52.2 Å². The predicted octanol–water partition coefficient (Wildman–Crippen LogP) is 3.86. The zero-order valence-corrected chi connectivity index (χ0v) is 17.0. The van der Waals surface area contributed by atoms with Crippen LogP contribution in [0.15, 0.2) is 23.1 Å². The molecule has 0 saturated carbocycles. The lowest BCUT2D eigenvalue weighted by molar-refractivity contribution is 0.0216. The van der Waals surface area contributed by atoms with E-state index in [0.29, 0.717) is 27.2 Å². The number of carbonyl (C=O) groups excluding carboxylic acids is 1. The number of halogens is 1. The average molecular weight is 406 g/mol. The van der Waals surface area contributed by atoms with Crippen LogP contribution < -0.4 is 5.69 Å². The van der Waals surface area contributed by atoms with Gasteiger partial charge in [-0.3, -0.25) is 4.98 Å². The third-order valence-corrected chi connectivity index (χ3v) is 4.38. The quantitative estimate of drug-likeness (QED) is 0.552. The van der Waals surface area contributed by atoms with Crippen molar-refractivity contribution in [2.24, 2.45) is 0 Å². The second-order valence-corrected chi connectivity index (χ2v) is 8.04. The van der Waals surface area contributed by atoms with Crippen LogP contribution in [-0.4, -0.2) is 49.6 Å². The van der Waals surface area contributed by atoms with E-state index in [1.54, 1.807) is 23.2 Å². The third kappa shape index (κ3) is 5.01. The summed E-state index contributed by atoms with van der Waals surface area (Å²) in [5, 5.41) is 0.374. The van der Waals surface area contributed by atoms with Gasteiger partial charge in [0.25, 0.3) is 0 Å². The Hall–Kier alpha value is -2.61. The highest BCUT2D eigenvalue weighted by Crippen LogP contribution is 2.19. The van der Waals surface area contributed by atoms with Gasteiger partial charge in [0.15, 0.2) is 0 Å². The minimum absolute atomic E-state index is 0.160. The van der Waals surface area contributed by atoms with E-state index in [1.807, 2.05) is 20.8 Å². The molecule has 0 atom stereocenters. The molecule has 9 heteroatoms. The Morgan fingerprint density at radius 3 is 2.57 bits per heavy atom. The molecule has 0 radical (unpaired) electrons. The van der Waals surface area contributed by atoms with E-state index in [4.69, 9.17) is 16.3 Å². The third-order valence-electron chi connectivity index (χ3n) is 4.17. The Kier molecular flexibility index (Phi) is 5.88. The lowest BCUT2D eigenvalue weighted by Crippen LogP contribution is -2.39. The first-order valence-corrected chi connectivity index (χ1v) is 9.62. The molecule has 8 nitrogen and oxygen atoms in total. The van der Waals surface area contributed by atoms with Gasteiger partial charge in [0, 0.05) is 13.1 Å². The van der Waals surface area contributed by atoms with E-state index in [9.17, 15) is 9.59 Å². The highest BCUT2D eigenvalue weighted by atomic mass is 35.5. The number of amides is 1. The number of H-pyrrole nitrogens is 2. The second-order valence-electron chi connectivity index (χ2n) is 7.66. The topological polar surface area (TPSA) is 104 Å². The number of imidazole rings is 1. The maximum absolute atomic E-state index is 11.5. The number of aromatic nitrogens is 4. The summed E-state index contributed by atoms with van der Waals surface area (Å²) in [7, 11) is 0. The van der Waals surface area contributed by atoms with Crippen molar-refractivity contribution in [3.63, 3.8) is 0 Å². The lowest BCUT2D eigenvalue weighted by atomic mass is 10.1. The molecule has 3 aromatic rings. The zero-order chi connectivity index (χ0) is 20.3.